The van der Waals surface area contributed by atoms with Crippen molar-refractivity contribution >= 4 is 22.9 Å². The van der Waals surface area contributed by atoms with Crippen LogP contribution in [0.4, 0.5) is 0 Å². The zero-order valence-electron chi connectivity index (χ0n) is 16.4. The monoisotopic (exact) mass is 406 g/mol. The fraction of sp³-hybridized carbons (Fsp3) is 0.333. The van der Waals surface area contributed by atoms with Crippen molar-refractivity contribution in [2.45, 2.75) is 42.9 Å². The van der Waals surface area contributed by atoms with Crippen LogP contribution in [0.1, 0.15) is 42.4 Å². The zero-order chi connectivity index (χ0) is 20.9. The molecule has 0 spiro atoms. The summed E-state index contributed by atoms with van der Waals surface area (Å²) in [6.07, 6.45) is 5.52. The van der Waals surface area contributed by atoms with Crippen molar-refractivity contribution < 1.29 is 29.0 Å². The molecule has 6 rings (SSSR count). The second kappa shape index (κ2) is 6.62. The minimum atomic E-state index is -0.728. The lowest BCUT2D eigenvalue weighted by molar-refractivity contribution is -0.141. The fourth-order valence-electron chi connectivity index (χ4n) is 4.22. The molecule has 2 aromatic carbocycles. The molecule has 6 nitrogen and oxygen atoms in total. The molecule has 2 saturated carbocycles. The average Bonchev–Trinajstić information content (AvgIpc) is 3.63. The molecule has 2 aliphatic carbocycles. The van der Waals surface area contributed by atoms with Gasteiger partial charge in [-0.3, -0.25) is 9.59 Å². The van der Waals surface area contributed by atoms with Gasteiger partial charge < -0.3 is 19.4 Å². The summed E-state index contributed by atoms with van der Waals surface area (Å²) in [6, 6.07) is 13.4. The molecule has 1 aromatic heterocycles. The SMILES string of the molecule is O=C(O)C1(c2ccc3c(c2)OCC3)CC1.O=C(O)C1(c2ccc3ccoc3c2)CC1. The highest BCUT2D eigenvalue weighted by atomic mass is 16.5. The van der Waals surface area contributed by atoms with E-state index in [1.807, 2.05) is 42.5 Å². The van der Waals surface area contributed by atoms with Crippen LogP contribution in [-0.2, 0) is 26.8 Å². The second-order valence-electron chi connectivity index (χ2n) is 8.37. The van der Waals surface area contributed by atoms with Gasteiger partial charge in [0.15, 0.2) is 0 Å². The number of furan rings is 1. The number of fused-ring (bicyclic) bond motifs is 2. The molecular formula is C24H22O6. The van der Waals surface area contributed by atoms with Gasteiger partial charge in [0.25, 0.3) is 0 Å². The second-order valence-corrected chi connectivity index (χ2v) is 8.37. The van der Waals surface area contributed by atoms with Gasteiger partial charge in [0.1, 0.15) is 11.3 Å². The molecule has 3 aromatic rings. The quantitative estimate of drug-likeness (QED) is 0.671. The Hall–Kier alpha value is -3.28. The summed E-state index contributed by atoms with van der Waals surface area (Å²) in [5.41, 5.74) is 2.47. The molecule has 0 saturated heterocycles. The van der Waals surface area contributed by atoms with Gasteiger partial charge in [-0.2, -0.15) is 0 Å². The summed E-state index contributed by atoms with van der Waals surface area (Å²) in [4.78, 5) is 22.3. The first kappa shape index (κ1) is 18.7. The number of rotatable bonds is 4. The van der Waals surface area contributed by atoms with E-state index >= 15 is 0 Å². The molecular weight excluding hydrogens is 384 g/mol. The van der Waals surface area contributed by atoms with E-state index in [1.54, 1.807) is 6.26 Å². The maximum absolute atomic E-state index is 11.1. The van der Waals surface area contributed by atoms with Crippen molar-refractivity contribution in [1.29, 1.82) is 0 Å². The topological polar surface area (TPSA) is 97.0 Å². The zero-order valence-corrected chi connectivity index (χ0v) is 16.4. The highest BCUT2D eigenvalue weighted by molar-refractivity contribution is 5.87. The van der Waals surface area contributed by atoms with Crippen molar-refractivity contribution in [3.63, 3.8) is 0 Å². The Kier molecular flexibility index (Phi) is 4.13. The number of carboxylic acid groups (broad SMARTS) is 2. The number of carbonyl (C=O) groups is 2. The van der Waals surface area contributed by atoms with Crippen molar-refractivity contribution in [1.82, 2.24) is 0 Å². The number of ether oxygens (including phenoxy) is 1. The van der Waals surface area contributed by atoms with E-state index in [2.05, 4.69) is 0 Å². The van der Waals surface area contributed by atoms with Gasteiger partial charge in [-0.25, -0.2) is 0 Å². The third kappa shape index (κ3) is 2.95. The summed E-state index contributed by atoms with van der Waals surface area (Å²) in [7, 11) is 0. The van der Waals surface area contributed by atoms with Gasteiger partial charge >= 0.3 is 11.9 Å². The van der Waals surface area contributed by atoms with E-state index in [1.165, 1.54) is 5.56 Å². The molecule has 0 bridgehead atoms. The Balaban J connectivity index is 0.000000128. The molecule has 2 heterocycles. The first-order chi connectivity index (χ1) is 14.4. The van der Waals surface area contributed by atoms with Crippen LogP contribution in [0, 0.1) is 0 Å². The predicted molar refractivity (Wildman–Crippen MR) is 109 cm³/mol. The number of carboxylic acids is 2. The summed E-state index contributed by atoms with van der Waals surface area (Å²) in [6.45, 7) is 0.721. The number of benzene rings is 2. The lowest BCUT2D eigenvalue weighted by Crippen LogP contribution is -2.19. The fourth-order valence-corrected chi connectivity index (χ4v) is 4.22. The van der Waals surface area contributed by atoms with Crippen LogP contribution in [-0.4, -0.2) is 28.8 Å². The predicted octanol–water partition coefficient (Wildman–Crippen LogP) is 4.29. The van der Waals surface area contributed by atoms with Gasteiger partial charge in [-0.05, 0) is 60.6 Å². The maximum Gasteiger partial charge on any atom is 0.314 e. The van der Waals surface area contributed by atoms with E-state index in [4.69, 9.17) is 19.4 Å². The van der Waals surface area contributed by atoms with Gasteiger partial charge in [-0.1, -0.05) is 24.3 Å². The smallest absolute Gasteiger partial charge is 0.314 e. The molecule has 2 fully saturated rings. The van der Waals surface area contributed by atoms with Crippen LogP contribution >= 0.6 is 0 Å². The number of hydrogen-bond donors (Lipinski definition) is 2. The molecule has 0 atom stereocenters. The lowest BCUT2D eigenvalue weighted by Gasteiger charge is -2.11. The van der Waals surface area contributed by atoms with Crippen molar-refractivity contribution in [2.24, 2.45) is 0 Å². The summed E-state index contributed by atoms with van der Waals surface area (Å²) < 4.78 is 10.7. The minimum absolute atomic E-state index is 0.610. The first-order valence-electron chi connectivity index (χ1n) is 10.2. The van der Waals surface area contributed by atoms with Gasteiger partial charge in [-0.15, -0.1) is 0 Å². The van der Waals surface area contributed by atoms with E-state index in [-0.39, 0.29) is 0 Å². The molecule has 0 radical (unpaired) electrons. The van der Waals surface area contributed by atoms with Crippen molar-refractivity contribution in [2.75, 3.05) is 6.61 Å². The molecule has 0 unspecified atom stereocenters. The van der Waals surface area contributed by atoms with Crippen LogP contribution < -0.4 is 4.74 Å². The van der Waals surface area contributed by atoms with Gasteiger partial charge in [0.05, 0.1) is 23.7 Å². The third-order valence-electron chi connectivity index (χ3n) is 6.58. The van der Waals surface area contributed by atoms with Gasteiger partial charge in [0.2, 0.25) is 0 Å². The van der Waals surface area contributed by atoms with Crippen LogP contribution in [0.2, 0.25) is 0 Å². The molecule has 1 aliphatic heterocycles. The van der Waals surface area contributed by atoms with Crippen LogP contribution in [0.3, 0.4) is 0 Å². The van der Waals surface area contributed by atoms with Crippen LogP contribution in [0.5, 0.6) is 5.75 Å². The Morgan fingerprint density at radius 1 is 0.833 bits per heavy atom. The molecule has 2 N–H and O–H groups in total. The standard InChI is InChI=1S/C12H12O3.C12H10O3/c2*13-11(14)12(4-5-12)9-2-1-8-3-6-15-10(8)7-9/h1-2,7H,3-6H2,(H,13,14);1-3,6-7H,4-5H2,(H,13,14). The third-order valence-corrected chi connectivity index (χ3v) is 6.58. The molecule has 3 aliphatic rings. The van der Waals surface area contributed by atoms with E-state index in [0.717, 1.165) is 66.6 Å². The Bertz CT molecular complexity index is 1150. The molecule has 30 heavy (non-hydrogen) atoms. The largest absolute Gasteiger partial charge is 0.493 e. The molecule has 0 amide bonds. The lowest BCUT2D eigenvalue weighted by atomic mass is 9.94. The van der Waals surface area contributed by atoms with E-state index in [9.17, 15) is 9.59 Å². The van der Waals surface area contributed by atoms with Gasteiger partial charge in [0, 0.05) is 11.8 Å². The maximum atomic E-state index is 11.1. The average molecular weight is 406 g/mol. The van der Waals surface area contributed by atoms with E-state index < -0.39 is 22.8 Å². The number of aliphatic carboxylic acids is 2. The number of hydrogen-bond acceptors (Lipinski definition) is 4. The highest BCUT2D eigenvalue weighted by Crippen LogP contribution is 2.50. The molecule has 6 heteroatoms. The minimum Gasteiger partial charge on any atom is -0.493 e. The summed E-state index contributed by atoms with van der Waals surface area (Å²) in [5, 5.41) is 19.3. The Morgan fingerprint density at radius 3 is 2.10 bits per heavy atom. The van der Waals surface area contributed by atoms with Crippen molar-refractivity contribution in [3.05, 3.63) is 65.4 Å². The Labute approximate surface area is 173 Å². The van der Waals surface area contributed by atoms with E-state index in [0.29, 0.717) is 0 Å². The summed E-state index contributed by atoms with van der Waals surface area (Å²) in [5.74, 6) is -0.561. The summed E-state index contributed by atoms with van der Waals surface area (Å²) >= 11 is 0. The highest BCUT2D eigenvalue weighted by Gasteiger charge is 2.52. The van der Waals surface area contributed by atoms with Crippen LogP contribution in [0.25, 0.3) is 11.0 Å². The first-order valence-corrected chi connectivity index (χ1v) is 10.2. The van der Waals surface area contributed by atoms with Crippen molar-refractivity contribution in [3.8, 4) is 5.75 Å². The normalized spacial score (nSPS) is 19.2. The Morgan fingerprint density at radius 2 is 1.47 bits per heavy atom. The molecule has 154 valence electrons. The van der Waals surface area contributed by atoms with Crippen LogP contribution in [0.15, 0.2) is 53.1 Å².